The van der Waals surface area contributed by atoms with Gasteiger partial charge in [0.15, 0.2) is 0 Å². The van der Waals surface area contributed by atoms with Crippen LogP contribution in [-0.2, 0) is 9.47 Å². The van der Waals surface area contributed by atoms with E-state index in [1.807, 2.05) is 7.05 Å². The van der Waals surface area contributed by atoms with E-state index in [4.69, 9.17) is 9.47 Å². The van der Waals surface area contributed by atoms with Crippen LogP contribution in [0.4, 0.5) is 4.79 Å². The molecule has 0 radical (unpaired) electrons. The van der Waals surface area contributed by atoms with Gasteiger partial charge in [0.25, 0.3) is 0 Å². The van der Waals surface area contributed by atoms with Gasteiger partial charge in [0.2, 0.25) is 0 Å². The lowest BCUT2D eigenvalue weighted by Gasteiger charge is -2.34. The van der Waals surface area contributed by atoms with Crippen LogP contribution < -0.4 is 0 Å². The SMILES string of the molecule is CC(C)COC(=O)N(C)C1CCC(OCCCCN2CCCC2)CC1. The molecule has 0 unspecified atom stereocenters. The number of ether oxygens (including phenoxy) is 2. The Morgan fingerprint density at radius 2 is 1.80 bits per heavy atom. The molecule has 1 saturated carbocycles. The molecule has 0 aromatic carbocycles. The van der Waals surface area contributed by atoms with Crippen LogP contribution >= 0.6 is 0 Å². The van der Waals surface area contributed by atoms with E-state index < -0.39 is 0 Å². The Labute approximate surface area is 154 Å². The number of rotatable bonds is 9. The zero-order chi connectivity index (χ0) is 18.1. The summed E-state index contributed by atoms with van der Waals surface area (Å²) in [4.78, 5) is 16.4. The Kier molecular flexibility index (Phi) is 9.04. The van der Waals surface area contributed by atoms with Crippen LogP contribution in [0.15, 0.2) is 0 Å². The third kappa shape index (κ3) is 7.53. The fraction of sp³-hybridized carbons (Fsp3) is 0.950. The number of amides is 1. The van der Waals surface area contributed by atoms with Crippen LogP contribution in [0.25, 0.3) is 0 Å². The largest absolute Gasteiger partial charge is 0.449 e. The number of unbranched alkanes of at least 4 members (excludes halogenated alkanes) is 1. The molecule has 1 aliphatic carbocycles. The summed E-state index contributed by atoms with van der Waals surface area (Å²) < 4.78 is 11.4. The van der Waals surface area contributed by atoms with Gasteiger partial charge in [-0.25, -0.2) is 4.79 Å². The minimum atomic E-state index is -0.181. The van der Waals surface area contributed by atoms with Gasteiger partial charge in [-0.3, -0.25) is 0 Å². The second-order valence-electron chi connectivity index (χ2n) is 8.14. The summed E-state index contributed by atoms with van der Waals surface area (Å²) in [7, 11) is 1.87. The van der Waals surface area contributed by atoms with Crippen molar-refractivity contribution in [1.82, 2.24) is 9.80 Å². The topological polar surface area (TPSA) is 42.0 Å². The highest BCUT2D eigenvalue weighted by Gasteiger charge is 2.27. The molecule has 0 bridgehead atoms. The summed E-state index contributed by atoms with van der Waals surface area (Å²) in [6.07, 6.45) is 9.51. The summed E-state index contributed by atoms with van der Waals surface area (Å²) in [6, 6.07) is 0.301. The second-order valence-corrected chi connectivity index (χ2v) is 8.14. The fourth-order valence-corrected chi connectivity index (χ4v) is 3.78. The molecule has 0 atom stereocenters. The molecule has 25 heavy (non-hydrogen) atoms. The summed E-state index contributed by atoms with van der Waals surface area (Å²) >= 11 is 0. The first kappa shape index (κ1) is 20.5. The number of likely N-dealkylation sites (tertiary alicyclic amines) is 1. The molecule has 1 amide bonds. The van der Waals surface area contributed by atoms with Gasteiger partial charge in [-0.2, -0.15) is 0 Å². The van der Waals surface area contributed by atoms with E-state index in [0.29, 0.717) is 24.7 Å². The highest BCUT2D eigenvalue weighted by Crippen LogP contribution is 2.25. The summed E-state index contributed by atoms with van der Waals surface area (Å²) in [5.41, 5.74) is 0. The molecule has 1 saturated heterocycles. The maximum atomic E-state index is 12.0. The number of nitrogens with zero attached hydrogens (tertiary/aromatic N) is 2. The molecule has 0 aromatic heterocycles. The quantitative estimate of drug-likeness (QED) is 0.589. The standard InChI is InChI=1S/C20H38N2O3/c1-17(2)16-25-20(23)21(3)18-8-10-19(11-9-18)24-15-7-6-14-22-12-4-5-13-22/h17-19H,4-16H2,1-3H3. The average Bonchev–Trinajstić information content (AvgIpc) is 3.12. The molecule has 1 heterocycles. The maximum absolute atomic E-state index is 12.0. The Balaban J connectivity index is 1.52. The Hall–Kier alpha value is -0.810. The van der Waals surface area contributed by atoms with Crippen molar-refractivity contribution in [1.29, 1.82) is 0 Å². The smallest absolute Gasteiger partial charge is 0.409 e. The van der Waals surface area contributed by atoms with E-state index in [9.17, 15) is 4.79 Å². The second kappa shape index (κ2) is 11.0. The Bertz CT molecular complexity index is 375. The highest BCUT2D eigenvalue weighted by molar-refractivity contribution is 5.67. The molecule has 2 rings (SSSR count). The molecule has 0 aromatic rings. The van der Waals surface area contributed by atoms with E-state index in [1.54, 1.807) is 4.90 Å². The monoisotopic (exact) mass is 354 g/mol. The lowest BCUT2D eigenvalue weighted by Crippen LogP contribution is -2.41. The zero-order valence-corrected chi connectivity index (χ0v) is 16.5. The van der Waals surface area contributed by atoms with Gasteiger partial charge in [-0.1, -0.05) is 13.8 Å². The third-order valence-corrected chi connectivity index (χ3v) is 5.44. The van der Waals surface area contributed by atoms with Gasteiger partial charge in [-0.05, 0) is 76.9 Å². The van der Waals surface area contributed by atoms with Crippen LogP contribution in [0.1, 0.15) is 65.2 Å². The van der Waals surface area contributed by atoms with Crippen LogP contribution in [0.3, 0.4) is 0 Å². The molecule has 5 heteroatoms. The Morgan fingerprint density at radius 1 is 1.12 bits per heavy atom. The van der Waals surface area contributed by atoms with Gasteiger partial charge in [0, 0.05) is 19.7 Å². The van der Waals surface area contributed by atoms with E-state index >= 15 is 0 Å². The first-order chi connectivity index (χ1) is 12.1. The average molecular weight is 355 g/mol. The van der Waals surface area contributed by atoms with Crippen molar-refractivity contribution in [2.75, 3.05) is 39.9 Å². The Morgan fingerprint density at radius 3 is 2.44 bits per heavy atom. The van der Waals surface area contributed by atoms with Crippen molar-refractivity contribution in [3.8, 4) is 0 Å². The zero-order valence-electron chi connectivity index (χ0n) is 16.5. The van der Waals surface area contributed by atoms with Gasteiger partial charge in [0.05, 0.1) is 12.7 Å². The molecule has 0 N–H and O–H groups in total. The summed E-state index contributed by atoms with van der Waals surface area (Å²) in [6.45, 7) is 9.31. The van der Waals surface area contributed by atoms with Crippen molar-refractivity contribution in [2.24, 2.45) is 5.92 Å². The van der Waals surface area contributed by atoms with Crippen LogP contribution in [0, 0.1) is 5.92 Å². The lowest BCUT2D eigenvalue weighted by atomic mass is 9.92. The minimum Gasteiger partial charge on any atom is -0.449 e. The molecular formula is C20H38N2O3. The van der Waals surface area contributed by atoms with Crippen molar-refractivity contribution >= 4 is 6.09 Å². The van der Waals surface area contributed by atoms with Crippen molar-refractivity contribution in [3.05, 3.63) is 0 Å². The van der Waals surface area contributed by atoms with Crippen molar-refractivity contribution < 1.29 is 14.3 Å². The summed E-state index contributed by atoms with van der Waals surface area (Å²) in [5.74, 6) is 0.381. The molecular weight excluding hydrogens is 316 g/mol. The maximum Gasteiger partial charge on any atom is 0.409 e. The number of carbonyl (C=O) groups is 1. The lowest BCUT2D eigenvalue weighted by molar-refractivity contribution is 0.00647. The predicted octanol–water partition coefficient (Wildman–Crippen LogP) is 3.91. The molecule has 1 aliphatic heterocycles. The number of hydrogen-bond donors (Lipinski definition) is 0. The molecule has 146 valence electrons. The normalized spacial score (nSPS) is 24.6. The third-order valence-electron chi connectivity index (χ3n) is 5.44. The molecule has 2 aliphatic rings. The predicted molar refractivity (Wildman–Crippen MR) is 101 cm³/mol. The van der Waals surface area contributed by atoms with Crippen molar-refractivity contribution in [2.45, 2.75) is 77.4 Å². The first-order valence-corrected chi connectivity index (χ1v) is 10.3. The fourth-order valence-electron chi connectivity index (χ4n) is 3.78. The first-order valence-electron chi connectivity index (χ1n) is 10.3. The van der Waals surface area contributed by atoms with Gasteiger partial charge in [0.1, 0.15) is 0 Å². The molecule has 0 spiro atoms. The molecule has 2 fully saturated rings. The highest BCUT2D eigenvalue weighted by atomic mass is 16.6. The minimum absolute atomic E-state index is 0.181. The van der Waals surface area contributed by atoms with E-state index in [2.05, 4.69) is 18.7 Å². The van der Waals surface area contributed by atoms with Gasteiger partial charge < -0.3 is 19.3 Å². The van der Waals surface area contributed by atoms with Crippen LogP contribution in [0.2, 0.25) is 0 Å². The van der Waals surface area contributed by atoms with Crippen molar-refractivity contribution in [3.63, 3.8) is 0 Å². The van der Waals surface area contributed by atoms with Gasteiger partial charge in [-0.15, -0.1) is 0 Å². The van der Waals surface area contributed by atoms with E-state index in [-0.39, 0.29) is 6.09 Å². The summed E-state index contributed by atoms with van der Waals surface area (Å²) in [5, 5.41) is 0. The molecule has 5 nitrogen and oxygen atoms in total. The van der Waals surface area contributed by atoms with Crippen LogP contribution in [0.5, 0.6) is 0 Å². The number of carbonyl (C=O) groups excluding carboxylic acids is 1. The van der Waals surface area contributed by atoms with E-state index in [0.717, 1.165) is 38.7 Å². The number of hydrogen-bond acceptors (Lipinski definition) is 4. The van der Waals surface area contributed by atoms with E-state index in [1.165, 1.54) is 38.9 Å². The van der Waals surface area contributed by atoms with Gasteiger partial charge >= 0.3 is 6.09 Å². The van der Waals surface area contributed by atoms with Crippen LogP contribution in [-0.4, -0.2) is 67.9 Å².